The van der Waals surface area contributed by atoms with Gasteiger partial charge in [-0.2, -0.15) is 0 Å². The Hall–Kier alpha value is -1.65. The molecule has 0 aliphatic heterocycles. The van der Waals surface area contributed by atoms with Crippen LogP contribution in [-0.4, -0.2) is 9.55 Å². The maximum absolute atomic E-state index is 13.8. The Balaban J connectivity index is 2.14. The van der Waals surface area contributed by atoms with E-state index in [0.717, 1.165) is 17.6 Å². The Kier molecular flexibility index (Phi) is 3.83. The van der Waals surface area contributed by atoms with Gasteiger partial charge in [-0.15, -0.1) is 11.6 Å². The first-order valence-electron chi connectivity index (χ1n) is 6.23. The molecule has 0 N–H and O–H groups in total. The molecule has 0 saturated heterocycles. The molecule has 3 rings (SSSR count). The van der Waals surface area contributed by atoms with Gasteiger partial charge in [0, 0.05) is 10.6 Å². The van der Waals surface area contributed by atoms with E-state index < -0.39 is 11.6 Å². The summed E-state index contributed by atoms with van der Waals surface area (Å²) in [5, 5.41) is 0.546. The van der Waals surface area contributed by atoms with Crippen molar-refractivity contribution in [3.05, 3.63) is 64.4 Å². The first-order valence-corrected chi connectivity index (χ1v) is 7.14. The Bertz CT molecular complexity index is 815. The van der Waals surface area contributed by atoms with Gasteiger partial charge in [0.1, 0.15) is 17.5 Å². The number of benzene rings is 2. The molecule has 108 valence electrons. The Morgan fingerprint density at radius 3 is 2.67 bits per heavy atom. The molecule has 21 heavy (non-hydrogen) atoms. The van der Waals surface area contributed by atoms with Crippen LogP contribution in [0.3, 0.4) is 0 Å². The minimum absolute atomic E-state index is 0.141. The molecule has 0 unspecified atom stereocenters. The van der Waals surface area contributed by atoms with Crippen molar-refractivity contribution in [3.63, 3.8) is 0 Å². The summed E-state index contributed by atoms with van der Waals surface area (Å²) in [5.41, 5.74) is 1.69. The monoisotopic (exact) mass is 326 g/mol. The molecule has 0 bridgehead atoms. The summed E-state index contributed by atoms with van der Waals surface area (Å²) >= 11 is 11.9. The molecule has 0 aliphatic carbocycles. The quantitative estimate of drug-likeness (QED) is 0.635. The zero-order valence-corrected chi connectivity index (χ0v) is 12.3. The third kappa shape index (κ3) is 2.74. The van der Waals surface area contributed by atoms with E-state index in [9.17, 15) is 8.78 Å². The van der Waals surface area contributed by atoms with Crippen LogP contribution < -0.4 is 0 Å². The highest BCUT2D eigenvalue weighted by Gasteiger charge is 2.13. The van der Waals surface area contributed by atoms with Crippen LogP contribution in [0.25, 0.3) is 11.0 Å². The fourth-order valence-electron chi connectivity index (χ4n) is 2.26. The van der Waals surface area contributed by atoms with E-state index in [0.29, 0.717) is 16.4 Å². The summed E-state index contributed by atoms with van der Waals surface area (Å²) in [7, 11) is 0. The highest BCUT2D eigenvalue weighted by atomic mass is 35.5. The van der Waals surface area contributed by atoms with Gasteiger partial charge in [-0.05, 0) is 36.4 Å². The van der Waals surface area contributed by atoms with Crippen LogP contribution >= 0.6 is 23.2 Å². The number of aromatic nitrogens is 2. The minimum Gasteiger partial charge on any atom is -0.322 e. The van der Waals surface area contributed by atoms with E-state index in [4.69, 9.17) is 23.2 Å². The largest absolute Gasteiger partial charge is 0.322 e. The second-order valence-corrected chi connectivity index (χ2v) is 5.32. The van der Waals surface area contributed by atoms with Crippen LogP contribution in [0, 0.1) is 11.6 Å². The number of nitrogens with zero attached hydrogens (tertiary/aromatic N) is 2. The standard InChI is InChI=1S/C15H10Cl2F2N2/c16-7-15-20-13-4-1-10(17)6-14(13)21(15)8-9-5-11(18)2-3-12(9)19/h1-6H,7-8H2. The smallest absolute Gasteiger partial charge is 0.128 e. The van der Waals surface area contributed by atoms with E-state index in [-0.39, 0.29) is 18.0 Å². The normalized spacial score (nSPS) is 11.2. The van der Waals surface area contributed by atoms with Crippen LogP contribution in [-0.2, 0) is 12.4 Å². The molecule has 0 amide bonds. The number of rotatable bonds is 3. The SMILES string of the molecule is Fc1ccc(F)c(Cn2c(CCl)nc3ccc(Cl)cc32)c1. The van der Waals surface area contributed by atoms with Gasteiger partial charge in [-0.25, -0.2) is 13.8 Å². The molecule has 6 heteroatoms. The first kappa shape index (κ1) is 14.3. The molecule has 0 fully saturated rings. The number of imidazole rings is 1. The van der Waals surface area contributed by atoms with Crippen molar-refractivity contribution in [2.24, 2.45) is 0 Å². The van der Waals surface area contributed by atoms with Crippen LogP contribution in [0.4, 0.5) is 8.78 Å². The van der Waals surface area contributed by atoms with Gasteiger partial charge in [-0.3, -0.25) is 0 Å². The average molecular weight is 327 g/mol. The van der Waals surface area contributed by atoms with Gasteiger partial charge in [0.25, 0.3) is 0 Å². The molecule has 1 aromatic heterocycles. The maximum atomic E-state index is 13.8. The summed E-state index contributed by atoms with van der Waals surface area (Å²) in [6.07, 6.45) is 0. The lowest BCUT2D eigenvalue weighted by molar-refractivity contribution is 0.577. The van der Waals surface area contributed by atoms with Crippen molar-refractivity contribution >= 4 is 34.2 Å². The lowest BCUT2D eigenvalue weighted by Gasteiger charge is -2.09. The molecular weight excluding hydrogens is 317 g/mol. The van der Waals surface area contributed by atoms with Crippen molar-refractivity contribution in [1.29, 1.82) is 0 Å². The van der Waals surface area contributed by atoms with E-state index in [2.05, 4.69) is 4.98 Å². The average Bonchev–Trinajstić information content (AvgIpc) is 2.80. The van der Waals surface area contributed by atoms with Crippen molar-refractivity contribution < 1.29 is 8.78 Å². The molecule has 2 nitrogen and oxygen atoms in total. The van der Waals surface area contributed by atoms with Crippen LogP contribution in [0.1, 0.15) is 11.4 Å². The third-order valence-electron chi connectivity index (χ3n) is 3.25. The minimum atomic E-state index is -0.485. The second-order valence-electron chi connectivity index (χ2n) is 4.62. The number of alkyl halides is 1. The Morgan fingerprint density at radius 2 is 1.90 bits per heavy atom. The molecule has 1 heterocycles. The van der Waals surface area contributed by atoms with E-state index >= 15 is 0 Å². The van der Waals surface area contributed by atoms with Gasteiger partial charge < -0.3 is 4.57 Å². The van der Waals surface area contributed by atoms with Crippen molar-refractivity contribution in [1.82, 2.24) is 9.55 Å². The summed E-state index contributed by atoms with van der Waals surface area (Å²) in [5.74, 6) is -0.205. The van der Waals surface area contributed by atoms with Crippen LogP contribution in [0.2, 0.25) is 5.02 Å². The highest BCUT2D eigenvalue weighted by molar-refractivity contribution is 6.31. The summed E-state index contributed by atoms with van der Waals surface area (Å²) < 4.78 is 28.9. The van der Waals surface area contributed by atoms with Crippen molar-refractivity contribution in [2.75, 3.05) is 0 Å². The predicted molar refractivity (Wildman–Crippen MR) is 79.8 cm³/mol. The van der Waals surface area contributed by atoms with Gasteiger partial charge in [0.2, 0.25) is 0 Å². The zero-order chi connectivity index (χ0) is 15.0. The van der Waals surface area contributed by atoms with Crippen LogP contribution in [0.5, 0.6) is 0 Å². The number of hydrogen-bond acceptors (Lipinski definition) is 1. The van der Waals surface area contributed by atoms with Crippen molar-refractivity contribution in [2.45, 2.75) is 12.4 Å². The zero-order valence-electron chi connectivity index (χ0n) is 10.8. The number of hydrogen-bond donors (Lipinski definition) is 0. The van der Waals surface area contributed by atoms with E-state index in [1.165, 1.54) is 6.07 Å². The summed E-state index contributed by atoms with van der Waals surface area (Å²) in [4.78, 5) is 4.38. The summed E-state index contributed by atoms with van der Waals surface area (Å²) in [6, 6.07) is 8.59. The fourth-order valence-corrected chi connectivity index (χ4v) is 2.63. The molecule has 2 aromatic carbocycles. The lowest BCUT2D eigenvalue weighted by atomic mass is 10.2. The molecule has 0 radical (unpaired) electrons. The first-order chi connectivity index (χ1) is 10.1. The molecule has 0 spiro atoms. The predicted octanol–water partition coefficient (Wildman–Crippen LogP) is 4.76. The number of halogens is 4. The van der Waals surface area contributed by atoms with Gasteiger partial charge in [-0.1, -0.05) is 11.6 Å². The molecular formula is C15H10Cl2F2N2. The maximum Gasteiger partial charge on any atom is 0.128 e. The number of fused-ring (bicyclic) bond motifs is 1. The molecule has 0 atom stereocenters. The fraction of sp³-hybridized carbons (Fsp3) is 0.133. The summed E-state index contributed by atoms with van der Waals surface area (Å²) in [6.45, 7) is 0.141. The highest BCUT2D eigenvalue weighted by Crippen LogP contribution is 2.23. The molecule has 0 aliphatic rings. The lowest BCUT2D eigenvalue weighted by Crippen LogP contribution is -2.06. The second kappa shape index (κ2) is 5.62. The van der Waals surface area contributed by atoms with Crippen molar-refractivity contribution in [3.8, 4) is 0 Å². The van der Waals surface area contributed by atoms with Crippen LogP contribution in [0.15, 0.2) is 36.4 Å². The van der Waals surface area contributed by atoms with E-state index in [1.807, 2.05) is 0 Å². The van der Waals surface area contributed by atoms with E-state index in [1.54, 1.807) is 22.8 Å². The van der Waals surface area contributed by atoms with Gasteiger partial charge in [0.05, 0.1) is 23.5 Å². The Morgan fingerprint density at radius 1 is 1.10 bits per heavy atom. The molecule has 0 saturated carbocycles. The Labute approximate surface area is 129 Å². The topological polar surface area (TPSA) is 17.8 Å². The molecule has 3 aromatic rings. The van der Waals surface area contributed by atoms with Gasteiger partial charge in [0.15, 0.2) is 0 Å². The van der Waals surface area contributed by atoms with Gasteiger partial charge >= 0.3 is 0 Å². The third-order valence-corrected chi connectivity index (χ3v) is 3.72.